The van der Waals surface area contributed by atoms with Gasteiger partial charge in [0.2, 0.25) is 0 Å². The highest BCUT2D eigenvalue weighted by Crippen LogP contribution is 2.25. The molecule has 2 N–H and O–H groups in total. The van der Waals surface area contributed by atoms with Crippen LogP contribution in [0.4, 0.5) is 5.82 Å². The van der Waals surface area contributed by atoms with Gasteiger partial charge in [-0.2, -0.15) is 0 Å². The van der Waals surface area contributed by atoms with Gasteiger partial charge >= 0.3 is 0 Å². The molecule has 0 spiro atoms. The van der Waals surface area contributed by atoms with Crippen molar-refractivity contribution in [1.29, 1.82) is 0 Å². The average Bonchev–Trinajstić information content (AvgIpc) is 2.89. The molecule has 90 valence electrons. The maximum absolute atomic E-state index is 9.52. The first-order valence-corrected chi connectivity index (χ1v) is 5.54. The summed E-state index contributed by atoms with van der Waals surface area (Å²) in [6, 6.07) is 8.88. The number of aromatic hydroxyl groups is 1. The van der Waals surface area contributed by atoms with Crippen LogP contribution in [0.15, 0.2) is 47.2 Å². The number of phenols is 1. The average molecular weight is 241 g/mol. The van der Waals surface area contributed by atoms with Gasteiger partial charge < -0.3 is 14.9 Å². The van der Waals surface area contributed by atoms with E-state index in [4.69, 9.17) is 4.52 Å². The van der Waals surface area contributed by atoms with E-state index in [0.717, 1.165) is 16.5 Å². The van der Waals surface area contributed by atoms with Gasteiger partial charge in [-0.25, -0.2) is 4.98 Å². The molecule has 2 aromatic heterocycles. The summed E-state index contributed by atoms with van der Waals surface area (Å²) >= 11 is 0. The Kier molecular flexibility index (Phi) is 2.57. The molecule has 0 saturated carbocycles. The molecule has 0 unspecified atom stereocenters. The Bertz CT molecular complexity index is 665. The fourth-order valence-corrected chi connectivity index (χ4v) is 1.80. The van der Waals surface area contributed by atoms with Gasteiger partial charge in [0, 0.05) is 17.6 Å². The highest BCUT2D eigenvalue weighted by atomic mass is 16.5. The molecule has 3 rings (SSSR count). The lowest BCUT2D eigenvalue weighted by molar-refractivity contribution is 0.388. The van der Waals surface area contributed by atoms with Gasteiger partial charge in [0.05, 0.1) is 12.7 Å². The van der Waals surface area contributed by atoms with E-state index in [9.17, 15) is 5.11 Å². The predicted octanol–water partition coefficient (Wildman–Crippen LogP) is 2.54. The Balaban J connectivity index is 1.93. The molecule has 18 heavy (non-hydrogen) atoms. The summed E-state index contributed by atoms with van der Waals surface area (Å²) in [6.45, 7) is 0.502. The molecule has 0 radical (unpaired) electrons. The van der Waals surface area contributed by atoms with Gasteiger partial charge in [-0.1, -0.05) is 11.2 Å². The number of nitrogens with one attached hydrogen (secondary N) is 1. The van der Waals surface area contributed by atoms with E-state index in [2.05, 4.69) is 15.5 Å². The van der Waals surface area contributed by atoms with Crippen molar-refractivity contribution in [3.8, 4) is 5.75 Å². The summed E-state index contributed by atoms with van der Waals surface area (Å²) < 4.78 is 5.00. The molecule has 0 aliphatic carbocycles. The number of pyridine rings is 1. The number of hydrogen-bond acceptors (Lipinski definition) is 5. The number of fused-ring (bicyclic) bond motifs is 1. The zero-order chi connectivity index (χ0) is 12.4. The smallest absolute Gasteiger partial charge is 0.155 e. The fourth-order valence-electron chi connectivity index (χ4n) is 1.80. The van der Waals surface area contributed by atoms with Crippen molar-refractivity contribution in [1.82, 2.24) is 10.1 Å². The van der Waals surface area contributed by atoms with Crippen LogP contribution in [0.5, 0.6) is 5.75 Å². The quantitative estimate of drug-likeness (QED) is 0.737. The van der Waals surface area contributed by atoms with E-state index in [1.54, 1.807) is 30.6 Å². The summed E-state index contributed by atoms with van der Waals surface area (Å²) in [7, 11) is 0. The van der Waals surface area contributed by atoms with Crippen molar-refractivity contribution >= 4 is 16.6 Å². The summed E-state index contributed by atoms with van der Waals surface area (Å²) in [4.78, 5) is 4.26. The lowest BCUT2D eigenvalue weighted by Gasteiger charge is -2.07. The van der Waals surface area contributed by atoms with E-state index in [0.29, 0.717) is 12.4 Å². The minimum atomic E-state index is 0.221. The van der Waals surface area contributed by atoms with Crippen molar-refractivity contribution < 1.29 is 9.63 Å². The molecular formula is C13H11N3O2. The highest BCUT2D eigenvalue weighted by molar-refractivity contribution is 5.92. The van der Waals surface area contributed by atoms with E-state index in [1.165, 1.54) is 0 Å². The monoisotopic (exact) mass is 241 g/mol. The molecule has 2 heterocycles. The van der Waals surface area contributed by atoms with Crippen LogP contribution in [0.25, 0.3) is 10.8 Å². The second-order valence-electron chi connectivity index (χ2n) is 3.90. The van der Waals surface area contributed by atoms with Gasteiger partial charge in [-0.15, -0.1) is 0 Å². The molecule has 0 aliphatic heterocycles. The molecule has 0 bridgehead atoms. The predicted molar refractivity (Wildman–Crippen MR) is 67.2 cm³/mol. The highest BCUT2D eigenvalue weighted by Gasteiger charge is 2.04. The summed E-state index contributed by atoms with van der Waals surface area (Å²) in [5.74, 6) is 1.66. The van der Waals surface area contributed by atoms with Crippen LogP contribution in [0.3, 0.4) is 0 Å². The van der Waals surface area contributed by atoms with Crippen molar-refractivity contribution in [3.63, 3.8) is 0 Å². The van der Waals surface area contributed by atoms with Crippen LogP contribution in [0.1, 0.15) is 5.76 Å². The van der Waals surface area contributed by atoms with Crippen molar-refractivity contribution in [3.05, 3.63) is 48.5 Å². The minimum absolute atomic E-state index is 0.221. The third kappa shape index (κ3) is 1.98. The molecule has 0 atom stereocenters. The van der Waals surface area contributed by atoms with E-state index in [-0.39, 0.29) is 5.75 Å². The van der Waals surface area contributed by atoms with Gasteiger partial charge in [-0.3, -0.25) is 0 Å². The Morgan fingerprint density at radius 1 is 1.17 bits per heavy atom. The van der Waals surface area contributed by atoms with Crippen LogP contribution < -0.4 is 5.32 Å². The molecule has 5 heteroatoms. The van der Waals surface area contributed by atoms with Crippen molar-refractivity contribution in [2.24, 2.45) is 0 Å². The van der Waals surface area contributed by atoms with E-state index in [1.807, 2.05) is 12.1 Å². The molecule has 0 amide bonds. The van der Waals surface area contributed by atoms with Crippen LogP contribution in [0.2, 0.25) is 0 Å². The largest absolute Gasteiger partial charge is 0.508 e. The molecule has 1 aromatic carbocycles. The Hall–Kier alpha value is -2.56. The number of hydrogen-bond donors (Lipinski definition) is 2. The standard InChI is InChI=1S/C13H11N3O2/c17-10-2-1-9-3-5-14-13(12(9)7-10)15-8-11-4-6-16-18-11/h1-7,17H,8H2,(H,14,15). The Morgan fingerprint density at radius 2 is 2.11 bits per heavy atom. The SMILES string of the molecule is Oc1ccc2ccnc(NCc3ccno3)c2c1. The van der Waals surface area contributed by atoms with Gasteiger partial charge in [0.15, 0.2) is 5.76 Å². The minimum Gasteiger partial charge on any atom is -0.508 e. The van der Waals surface area contributed by atoms with Gasteiger partial charge in [-0.05, 0) is 23.6 Å². The maximum atomic E-state index is 9.52. The zero-order valence-electron chi connectivity index (χ0n) is 9.50. The number of nitrogens with zero attached hydrogens (tertiary/aromatic N) is 2. The van der Waals surface area contributed by atoms with Crippen LogP contribution in [-0.2, 0) is 6.54 Å². The lowest BCUT2D eigenvalue weighted by Crippen LogP contribution is -2.00. The Morgan fingerprint density at radius 3 is 2.94 bits per heavy atom. The van der Waals surface area contributed by atoms with Gasteiger partial charge in [0.1, 0.15) is 11.6 Å². The molecular weight excluding hydrogens is 230 g/mol. The summed E-state index contributed by atoms with van der Waals surface area (Å²) in [5.41, 5.74) is 0. The zero-order valence-corrected chi connectivity index (χ0v) is 9.50. The molecule has 0 aliphatic rings. The summed E-state index contributed by atoms with van der Waals surface area (Å²) in [5, 5.41) is 18.2. The first-order valence-electron chi connectivity index (χ1n) is 5.54. The second kappa shape index (κ2) is 4.37. The first kappa shape index (κ1) is 10.6. The van der Waals surface area contributed by atoms with Crippen LogP contribution >= 0.6 is 0 Å². The number of rotatable bonds is 3. The molecule has 0 fully saturated rings. The molecule has 3 aromatic rings. The molecule has 5 nitrogen and oxygen atoms in total. The van der Waals surface area contributed by atoms with Gasteiger partial charge in [0.25, 0.3) is 0 Å². The molecule has 0 saturated heterocycles. The third-order valence-corrected chi connectivity index (χ3v) is 2.67. The van der Waals surface area contributed by atoms with Crippen LogP contribution in [-0.4, -0.2) is 15.2 Å². The Labute approximate surface area is 103 Å². The number of phenolic OH excluding ortho intramolecular Hbond substituents is 1. The van der Waals surface area contributed by atoms with Crippen LogP contribution in [0, 0.1) is 0 Å². The van der Waals surface area contributed by atoms with E-state index >= 15 is 0 Å². The number of anilines is 1. The lowest BCUT2D eigenvalue weighted by atomic mass is 10.1. The topological polar surface area (TPSA) is 71.2 Å². The number of benzene rings is 1. The fraction of sp³-hybridized carbons (Fsp3) is 0.0769. The second-order valence-corrected chi connectivity index (χ2v) is 3.90. The third-order valence-electron chi connectivity index (χ3n) is 2.67. The van der Waals surface area contributed by atoms with Crippen molar-refractivity contribution in [2.75, 3.05) is 5.32 Å². The normalized spacial score (nSPS) is 10.7. The number of aromatic nitrogens is 2. The van der Waals surface area contributed by atoms with E-state index < -0.39 is 0 Å². The first-order chi connectivity index (χ1) is 8.83. The maximum Gasteiger partial charge on any atom is 0.155 e. The summed E-state index contributed by atoms with van der Waals surface area (Å²) in [6.07, 6.45) is 3.32. The van der Waals surface area contributed by atoms with Crippen molar-refractivity contribution in [2.45, 2.75) is 6.54 Å².